The van der Waals surface area contributed by atoms with Crippen LogP contribution in [0.4, 0.5) is 0 Å². The number of carbonyl (C=O) groups is 1. The van der Waals surface area contributed by atoms with Gasteiger partial charge in [0.1, 0.15) is 6.04 Å². The SMILES string of the molecule is CCC(C#N)N1CC2CCCC2C1C(=O)O. The monoisotopic (exact) mass is 222 g/mol. The number of rotatable bonds is 3. The van der Waals surface area contributed by atoms with Gasteiger partial charge in [0.15, 0.2) is 0 Å². The van der Waals surface area contributed by atoms with Gasteiger partial charge in [-0.2, -0.15) is 5.26 Å². The van der Waals surface area contributed by atoms with Crippen LogP contribution in [0.3, 0.4) is 0 Å². The average Bonchev–Trinajstić information content (AvgIpc) is 2.78. The second-order valence-corrected chi connectivity index (χ2v) is 4.89. The number of likely N-dealkylation sites (tertiary alicyclic amines) is 1. The Balaban J connectivity index is 2.20. The van der Waals surface area contributed by atoms with Crippen LogP contribution >= 0.6 is 0 Å². The predicted molar refractivity (Wildman–Crippen MR) is 58.7 cm³/mol. The molecule has 0 aromatic carbocycles. The van der Waals surface area contributed by atoms with Crippen molar-refractivity contribution in [3.63, 3.8) is 0 Å². The van der Waals surface area contributed by atoms with Crippen molar-refractivity contribution in [2.45, 2.75) is 44.7 Å². The number of hydrogen-bond acceptors (Lipinski definition) is 3. The van der Waals surface area contributed by atoms with E-state index < -0.39 is 12.0 Å². The average molecular weight is 222 g/mol. The zero-order valence-electron chi connectivity index (χ0n) is 9.59. The molecule has 88 valence electrons. The van der Waals surface area contributed by atoms with Crippen LogP contribution in [0.5, 0.6) is 0 Å². The standard InChI is InChI=1S/C12H18N2O2/c1-2-9(6-13)14-7-8-4-3-5-10(8)11(14)12(15)16/h8-11H,2-5,7H2,1H3,(H,15,16). The van der Waals surface area contributed by atoms with E-state index in [1.807, 2.05) is 11.8 Å². The number of carboxylic acids is 1. The smallest absolute Gasteiger partial charge is 0.321 e. The van der Waals surface area contributed by atoms with Gasteiger partial charge in [0.2, 0.25) is 0 Å². The molecule has 0 radical (unpaired) electrons. The summed E-state index contributed by atoms with van der Waals surface area (Å²) in [5.41, 5.74) is 0. The first-order valence-electron chi connectivity index (χ1n) is 6.07. The minimum absolute atomic E-state index is 0.230. The Bertz CT molecular complexity index is 323. The third kappa shape index (κ3) is 1.69. The lowest BCUT2D eigenvalue weighted by molar-refractivity contribution is -0.144. The third-order valence-electron chi connectivity index (χ3n) is 4.12. The fraction of sp³-hybridized carbons (Fsp3) is 0.833. The van der Waals surface area contributed by atoms with Crippen LogP contribution in [0.2, 0.25) is 0 Å². The Labute approximate surface area is 95.9 Å². The van der Waals surface area contributed by atoms with Crippen LogP contribution < -0.4 is 0 Å². The largest absolute Gasteiger partial charge is 0.480 e. The molecule has 0 bridgehead atoms. The summed E-state index contributed by atoms with van der Waals surface area (Å²) in [4.78, 5) is 13.3. The van der Waals surface area contributed by atoms with Crippen molar-refractivity contribution >= 4 is 5.97 Å². The molecule has 2 fully saturated rings. The minimum atomic E-state index is -0.747. The Morgan fingerprint density at radius 2 is 2.38 bits per heavy atom. The first-order chi connectivity index (χ1) is 7.69. The van der Waals surface area contributed by atoms with E-state index in [1.54, 1.807) is 0 Å². The molecule has 4 atom stereocenters. The molecule has 1 heterocycles. The summed E-state index contributed by atoms with van der Waals surface area (Å²) in [6, 6.07) is 1.58. The zero-order chi connectivity index (χ0) is 11.7. The van der Waals surface area contributed by atoms with Gasteiger partial charge in [-0.05, 0) is 31.1 Å². The second kappa shape index (κ2) is 4.42. The van der Waals surface area contributed by atoms with Crippen LogP contribution in [0.25, 0.3) is 0 Å². The second-order valence-electron chi connectivity index (χ2n) is 4.89. The highest BCUT2D eigenvalue weighted by Gasteiger charge is 2.49. The van der Waals surface area contributed by atoms with Crippen LogP contribution in [-0.4, -0.2) is 34.6 Å². The molecule has 1 aliphatic heterocycles. The number of nitriles is 1. The fourth-order valence-electron chi connectivity index (χ4n) is 3.38. The summed E-state index contributed by atoms with van der Waals surface area (Å²) in [6.45, 7) is 2.74. The molecule has 0 aromatic heterocycles. The van der Waals surface area contributed by atoms with Crippen molar-refractivity contribution in [1.82, 2.24) is 4.90 Å². The Morgan fingerprint density at radius 3 is 2.94 bits per heavy atom. The zero-order valence-corrected chi connectivity index (χ0v) is 9.59. The number of aliphatic carboxylic acids is 1. The third-order valence-corrected chi connectivity index (χ3v) is 4.12. The Kier molecular flexibility index (Phi) is 3.15. The molecule has 2 rings (SSSR count). The molecule has 4 heteroatoms. The van der Waals surface area contributed by atoms with Gasteiger partial charge >= 0.3 is 5.97 Å². The van der Waals surface area contributed by atoms with E-state index >= 15 is 0 Å². The fourth-order valence-corrected chi connectivity index (χ4v) is 3.38. The van der Waals surface area contributed by atoms with Crippen LogP contribution in [0.1, 0.15) is 32.6 Å². The van der Waals surface area contributed by atoms with Crippen molar-refractivity contribution in [2.75, 3.05) is 6.54 Å². The molecule has 0 aromatic rings. The molecule has 2 aliphatic rings. The van der Waals surface area contributed by atoms with Crippen LogP contribution in [0.15, 0.2) is 0 Å². The topological polar surface area (TPSA) is 64.3 Å². The number of carboxylic acid groups (broad SMARTS) is 1. The van der Waals surface area contributed by atoms with Crippen molar-refractivity contribution < 1.29 is 9.90 Å². The van der Waals surface area contributed by atoms with Gasteiger partial charge in [0.25, 0.3) is 0 Å². The van der Waals surface area contributed by atoms with E-state index in [0.717, 1.165) is 25.8 Å². The predicted octanol–water partition coefficient (Wildman–Crippen LogP) is 1.47. The molecular weight excluding hydrogens is 204 g/mol. The molecule has 0 spiro atoms. The Hall–Kier alpha value is -1.08. The lowest BCUT2D eigenvalue weighted by Gasteiger charge is -2.27. The van der Waals surface area contributed by atoms with Gasteiger partial charge in [-0.1, -0.05) is 13.3 Å². The lowest BCUT2D eigenvalue weighted by Crippen LogP contribution is -2.44. The van der Waals surface area contributed by atoms with Gasteiger partial charge in [-0.25, -0.2) is 0 Å². The number of fused-ring (bicyclic) bond motifs is 1. The quantitative estimate of drug-likeness (QED) is 0.785. The number of hydrogen-bond donors (Lipinski definition) is 1. The van der Waals surface area contributed by atoms with Gasteiger partial charge in [0, 0.05) is 6.54 Å². The number of nitrogens with zero attached hydrogens (tertiary/aromatic N) is 2. The van der Waals surface area contributed by atoms with Gasteiger partial charge in [0.05, 0.1) is 12.1 Å². The van der Waals surface area contributed by atoms with Crippen molar-refractivity contribution in [3.8, 4) is 6.07 Å². The molecule has 1 saturated heterocycles. The van der Waals surface area contributed by atoms with Gasteiger partial charge in [-0.3, -0.25) is 9.69 Å². The van der Waals surface area contributed by atoms with Crippen molar-refractivity contribution in [1.29, 1.82) is 5.26 Å². The lowest BCUT2D eigenvalue weighted by atomic mass is 9.94. The van der Waals surface area contributed by atoms with Crippen molar-refractivity contribution in [2.24, 2.45) is 11.8 Å². The molecule has 16 heavy (non-hydrogen) atoms. The summed E-state index contributed by atoms with van der Waals surface area (Å²) in [5, 5.41) is 18.4. The molecule has 1 aliphatic carbocycles. The summed E-state index contributed by atoms with van der Waals surface area (Å²) in [7, 11) is 0. The van der Waals surface area contributed by atoms with E-state index in [4.69, 9.17) is 5.26 Å². The first kappa shape index (κ1) is 11.4. The van der Waals surface area contributed by atoms with Crippen molar-refractivity contribution in [3.05, 3.63) is 0 Å². The van der Waals surface area contributed by atoms with Gasteiger partial charge < -0.3 is 5.11 Å². The van der Waals surface area contributed by atoms with Gasteiger partial charge in [-0.15, -0.1) is 0 Å². The highest BCUT2D eigenvalue weighted by Crippen LogP contribution is 2.43. The first-order valence-corrected chi connectivity index (χ1v) is 6.07. The highest BCUT2D eigenvalue weighted by atomic mass is 16.4. The van der Waals surface area contributed by atoms with E-state index in [-0.39, 0.29) is 12.0 Å². The van der Waals surface area contributed by atoms with Crippen LogP contribution in [-0.2, 0) is 4.79 Å². The molecule has 1 saturated carbocycles. The minimum Gasteiger partial charge on any atom is -0.480 e. The highest BCUT2D eigenvalue weighted by molar-refractivity contribution is 5.74. The summed E-state index contributed by atoms with van der Waals surface area (Å²) < 4.78 is 0. The Morgan fingerprint density at radius 1 is 1.62 bits per heavy atom. The van der Waals surface area contributed by atoms with E-state index in [0.29, 0.717) is 12.3 Å². The molecule has 4 unspecified atom stereocenters. The molecule has 4 nitrogen and oxygen atoms in total. The van der Waals surface area contributed by atoms with E-state index in [1.165, 1.54) is 0 Å². The summed E-state index contributed by atoms with van der Waals surface area (Å²) in [6.07, 6.45) is 4.00. The maximum absolute atomic E-state index is 11.3. The normalized spacial score (nSPS) is 35.6. The summed E-state index contributed by atoms with van der Waals surface area (Å²) in [5.74, 6) is 0.0338. The molecule has 0 amide bonds. The molecular formula is C12H18N2O2. The maximum Gasteiger partial charge on any atom is 0.321 e. The molecule has 1 N–H and O–H groups in total. The maximum atomic E-state index is 11.3. The van der Waals surface area contributed by atoms with E-state index in [9.17, 15) is 9.90 Å². The summed E-state index contributed by atoms with van der Waals surface area (Å²) >= 11 is 0. The van der Waals surface area contributed by atoms with E-state index in [2.05, 4.69) is 6.07 Å². The van der Waals surface area contributed by atoms with Crippen LogP contribution in [0, 0.1) is 23.2 Å².